The van der Waals surface area contributed by atoms with Gasteiger partial charge in [-0.05, 0) is 48.7 Å². The van der Waals surface area contributed by atoms with E-state index < -0.39 is 40.4 Å². The number of halogens is 6. The standard InChI is InChI=1S/C22H18F6N4O3/c1-3-13-10-15(21(25,20(23)24)22(26,27)28)9-12(2)18(13)30-19(33)14-5-6-16(17(11-14)32(34)35)31-8-4-7-29-31/h4-11,20H,3H2,1-2H3,(H,30,33). The van der Waals surface area contributed by atoms with Crippen LogP contribution in [-0.4, -0.2) is 33.2 Å². The lowest BCUT2D eigenvalue weighted by molar-refractivity contribution is -0.384. The molecule has 0 saturated carbocycles. The van der Waals surface area contributed by atoms with Crippen LogP contribution in [0.15, 0.2) is 48.8 Å². The number of alkyl halides is 6. The van der Waals surface area contributed by atoms with E-state index >= 15 is 0 Å². The Bertz CT molecular complexity index is 1260. The Kier molecular flexibility index (Phi) is 6.90. The number of nitrogens with zero attached hydrogens (tertiary/aromatic N) is 3. The number of carbonyl (C=O) groups excluding carboxylic acids is 1. The third-order valence-corrected chi connectivity index (χ3v) is 5.36. The number of hydrogen-bond donors (Lipinski definition) is 1. The molecule has 0 bridgehead atoms. The van der Waals surface area contributed by atoms with Gasteiger partial charge >= 0.3 is 6.18 Å². The van der Waals surface area contributed by atoms with Gasteiger partial charge in [-0.2, -0.15) is 18.3 Å². The zero-order valence-corrected chi connectivity index (χ0v) is 18.2. The highest BCUT2D eigenvalue weighted by molar-refractivity contribution is 6.05. The van der Waals surface area contributed by atoms with Crippen LogP contribution in [0.5, 0.6) is 0 Å². The first kappa shape index (κ1) is 25.7. The van der Waals surface area contributed by atoms with Gasteiger partial charge < -0.3 is 5.32 Å². The van der Waals surface area contributed by atoms with Gasteiger partial charge in [-0.1, -0.05) is 13.0 Å². The first-order valence-corrected chi connectivity index (χ1v) is 10.1. The Hall–Kier alpha value is -3.90. The first-order chi connectivity index (χ1) is 16.3. The molecule has 3 rings (SSSR count). The van der Waals surface area contributed by atoms with Gasteiger partial charge in [-0.3, -0.25) is 14.9 Å². The lowest BCUT2D eigenvalue weighted by Crippen LogP contribution is -2.44. The summed E-state index contributed by atoms with van der Waals surface area (Å²) in [5, 5.41) is 17.9. The summed E-state index contributed by atoms with van der Waals surface area (Å²) in [5.41, 5.74) is -6.82. The van der Waals surface area contributed by atoms with E-state index in [0.29, 0.717) is 12.1 Å². The highest BCUT2D eigenvalue weighted by atomic mass is 19.4. The van der Waals surface area contributed by atoms with Crippen LogP contribution >= 0.6 is 0 Å². The predicted molar refractivity (Wildman–Crippen MR) is 114 cm³/mol. The third kappa shape index (κ3) is 4.70. The first-order valence-electron chi connectivity index (χ1n) is 10.1. The molecule has 2 aromatic carbocycles. The van der Waals surface area contributed by atoms with Crippen molar-refractivity contribution >= 4 is 17.3 Å². The monoisotopic (exact) mass is 500 g/mol. The second-order valence-corrected chi connectivity index (χ2v) is 7.56. The van der Waals surface area contributed by atoms with Crippen molar-refractivity contribution in [1.29, 1.82) is 0 Å². The molecule has 1 N–H and O–H groups in total. The fourth-order valence-corrected chi connectivity index (χ4v) is 3.54. The minimum absolute atomic E-state index is 0.0150. The highest BCUT2D eigenvalue weighted by Crippen LogP contribution is 2.48. The average Bonchev–Trinajstić information content (AvgIpc) is 3.32. The molecule has 7 nitrogen and oxygen atoms in total. The third-order valence-electron chi connectivity index (χ3n) is 5.36. The summed E-state index contributed by atoms with van der Waals surface area (Å²) in [4.78, 5) is 23.6. The number of nitro groups is 1. The maximum Gasteiger partial charge on any atom is 0.432 e. The Morgan fingerprint density at radius 3 is 2.40 bits per heavy atom. The van der Waals surface area contributed by atoms with Crippen molar-refractivity contribution in [2.24, 2.45) is 0 Å². The van der Waals surface area contributed by atoms with Gasteiger partial charge in [0.1, 0.15) is 5.69 Å². The summed E-state index contributed by atoms with van der Waals surface area (Å²) in [6.45, 7) is 2.71. The van der Waals surface area contributed by atoms with Crippen LogP contribution in [0.3, 0.4) is 0 Å². The molecule has 13 heteroatoms. The van der Waals surface area contributed by atoms with E-state index in [0.717, 1.165) is 6.07 Å². The fraction of sp³-hybridized carbons (Fsp3) is 0.273. The second kappa shape index (κ2) is 9.39. The molecule has 35 heavy (non-hydrogen) atoms. The number of nitro benzene ring substituents is 1. The Balaban J connectivity index is 2.01. The van der Waals surface area contributed by atoms with Crippen LogP contribution in [0.4, 0.5) is 37.7 Å². The van der Waals surface area contributed by atoms with Crippen LogP contribution < -0.4 is 5.32 Å². The van der Waals surface area contributed by atoms with E-state index in [1.165, 1.54) is 43.1 Å². The fourth-order valence-electron chi connectivity index (χ4n) is 3.54. The Labute approximate surface area is 194 Å². The van der Waals surface area contributed by atoms with Gasteiger partial charge in [-0.15, -0.1) is 0 Å². The van der Waals surface area contributed by atoms with Gasteiger partial charge in [0.25, 0.3) is 23.7 Å². The van der Waals surface area contributed by atoms with E-state index in [9.17, 15) is 41.3 Å². The van der Waals surface area contributed by atoms with Crippen LogP contribution in [0.1, 0.15) is 34.0 Å². The maximum absolute atomic E-state index is 14.6. The quantitative estimate of drug-likeness (QED) is 0.249. The lowest BCUT2D eigenvalue weighted by atomic mass is 9.90. The molecule has 0 fully saturated rings. The normalized spacial score (nSPS) is 13.5. The van der Waals surface area contributed by atoms with Crippen LogP contribution in [0, 0.1) is 17.0 Å². The minimum Gasteiger partial charge on any atom is -0.321 e. The molecule has 1 heterocycles. The van der Waals surface area contributed by atoms with E-state index in [1.54, 1.807) is 6.07 Å². The van der Waals surface area contributed by atoms with Crippen molar-refractivity contribution in [3.8, 4) is 5.69 Å². The van der Waals surface area contributed by atoms with E-state index in [2.05, 4.69) is 10.4 Å². The molecule has 3 aromatic rings. The zero-order valence-electron chi connectivity index (χ0n) is 18.2. The number of carbonyl (C=O) groups is 1. The molecule has 1 amide bonds. The predicted octanol–water partition coefficient (Wildman–Crippen LogP) is 5.90. The molecule has 0 aliphatic heterocycles. The SMILES string of the molecule is CCc1cc(C(F)(C(F)F)C(F)(F)F)cc(C)c1NC(=O)c1ccc(-n2cccn2)c([N+](=O)[O-])c1. The van der Waals surface area contributed by atoms with Gasteiger partial charge in [-0.25, -0.2) is 17.9 Å². The van der Waals surface area contributed by atoms with Gasteiger partial charge in [0.2, 0.25) is 0 Å². The van der Waals surface area contributed by atoms with Crippen LogP contribution in [0.2, 0.25) is 0 Å². The van der Waals surface area contributed by atoms with Crippen LogP contribution in [0.25, 0.3) is 5.69 Å². The van der Waals surface area contributed by atoms with Crippen molar-refractivity contribution in [3.63, 3.8) is 0 Å². The number of rotatable bonds is 7. The summed E-state index contributed by atoms with van der Waals surface area (Å²) >= 11 is 0. The van der Waals surface area contributed by atoms with Gasteiger partial charge in [0, 0.05) is 35.3 Å². The number of anilines is 1. The van der Waals surface area contributed by atoms with Gasteiger partial charge in [0.05, 0.1) is 4.92 Å². The van der Waals surface area contributed by atoms with E-state index in [-0.39, 0.29) is 34.5 Å². The number of hydrogen-bond acceptors (Lipinski definition) is 4. The van der Waals surface area contributed by atoms with E-state index in [1.807, 2.05) is 0 Å². The smallest absolute Gasteiger partial charge is 0.321 e. The largest absolute Gasteiger partial charge is 0.432 e. The highest BCUT2D eigenvalue weighted by Gasteiger charge is 2.64. The average molecular weight is 500 g/mol. The Morgan fingerprint density at radius 2 is 1.89 bits per heavy atom. The lowest BCUT2D eigenvalue weighted by Gasteiger charge is -2.29. The van der Waals surface area contributed by atoms with Crippen molar-refractivity contribution < 1.29 is 36.1 Å². The molecule has 1 unspecified atom stereocenters. The maximum atomic E-state index is 14.6. The van der Waals surface area contributed by atoms with Crippen molar-refractivity contribution in [1.82, 2.24) is 9.78 Å². The van der Waals surface area contributed by atoms with Crippen molar-refractivity contribution in [3.05, 3.63) is 81.2 Å². The molecular weight excluding hydrogens is 482 g/mol. The zero-order chi connectivity index (χ0) is 26.1. The molecule has 0 saturated heterocycles. The molecular formula is C22H18F6N4O3. The van der Waals surface area contributed by atoms with Crippen molar-refractivity contribution in [2.75, 3.05) is 5.32 Å². The molecule has 186 valence electrons. The summed E-state index contributed by atoms with van der Waals surface area (Å²) in [6.07, 6.45) is -7.41. The second-order valence-electron chi connectivity index (χ2n) is 7.56. The molecule has 0 aliphatic rings. The number of nitrogens with one attached hydrogen (secondary N) is 1. The molecule has 0 spiro atoms. The molecule has 1 atom stereocenters. The number of aryl methyl sites for hydroxylation is 2. The molecule has 1 aromatic heterocycles. The number of aromatic nitrogens is 2. The van der Waals surface area contributed by atoms with E-state index in [4.69, 9.17) is 0 Å². The summed E-state index contributed by atoms with van der Waals surface area (Å²) in [5.74, 6) is -0.846. The number of amides is 1. The van der Waals surface area contributed by atoms with Crippen LogP contribution in [-0.2, 0) is 12.1 Å². The summed E-state index contributed by atoms with van der Waals surface area (Å²) in [7, 11) is 0. The summed E-state index contributed by atoms with van der Waals surface area (Å²) in [6, 6.07) is 6.34. The summed E-state index contributed by atoms with van der Waals surface area (Å²) < 4.78 is 81.7. The number of benzene rings is 2. The minimum atomic E-state index is -5.88. The Morgan fingerprint density at radius 1 is 1.20 bits per heavy atom. The van der Waals surface area contributed by atoms with Gasteiger partial charge in [0.15, 0.2) is 0 Å². The van der Waals surface area contributed by atoms with Crippen molar-refractivity contribution in [2.45, 2.75) is 38.5 Å². The topological polar surface area (TPSA) is 90.1 Å². The molecule has 0 aliphatic carbocycles. The molecule has 0 radical (unpaired) electrons.